The molecule has 3 aromatic rings. The van der Waals surface area contributed by atoms with E-state index < -0.39 is 0 Å². The maximum Gasteiger partial charge on any atom is 0.147 e. The Morgan fingerprint density at radius 3 is 2.12 bits per heavy atom. The Balaban J connectivity index is 1.48. The fraction of sp³-hybridized carbons (Fsp3) is 0.263. The van der Waals surface area contributed by atoms with E-state index in [0.29, 0.717) is 0 Å². The molecular weight excluding hydrogens is 312 g/mol. The van der Waals surface area contributed by atoms with Gasteiger partial charge in [-0.3, -0.25) is 9.97 Å². The average Bonchev–Trinajstić information content (AvgIpc) is 2.69. The third-order valence-electron chi connectivity index (χ3n) is 4.45. The summed E-state index contributed by atoms with van der Waals surface area (Å²) in [6, 6.07) is 8.39. The molecule has 1 aromatic carbocycles. The summed E-state index contributed by atoms with van der Waals surface area (Å²) >= 11 is 0. The van der Waals surface area contributed by atoms with Crippen molar-refractivity contribution in [3.05, 3.63) is 60.8 Å². The summed E-state index contributed by atoms with van der Waals surface area (Å²) in [6.45, 7) is 5.66. The number of piperazine rings is 1. The van der Waals surface area contributed by atoms with Gasteiger partial charge in [-0.25, -0.2) is 9.97 Å². The zero-order valence-electron chi connectivity index (χ0n) is 14.2. The molecule has 1 aliphatic heterocycles. The van der Waals surface area contributed by atoms with Crippen molar-refractivity contribution in [2.24, 2.45) is 0 Å². The first-order valence-electron chi connectivity index (χ1n) is 8.44. The van der Waals surface area contributed by atoms with Crippen molar-refractivity contribution in [2.75, 3.05) is 36.0 Å². The molecule has 0 saturated carbocycles. The normalized spacial score (nSPS) is 14.6. The van der Waals surface area contributed by atoms with E-state index in [4.69, 9.17) is 4.98 Å². The smallest absolute Gasteiger partial charge is 0.147 e. The van der Waals surface area contributed by atoms with E-state index in [9.17, 15) is 0 Å². The quantitative estimate of drug-likeness (QED) is 0.735. The lowest BCUT2D eigenvalue weighted by molar-refractivity contribution is 0.640. The monoisotopic (exact) mass is 332 g/mol. The third-order valence-corrected chi connectivity index (χ3v) is 4.45. The number of aromatic nitrogens is 4. The molecule has 0 amide bonds. The van der Waals surface area contributed by atoms with Crippen LogP contribution in [-0.2, 0) is 0 Å². The van der Waals surface area contributed by atoms with E-state index in [0.717, 1.165) is 49.1 Å². The van der Waals surface area contributed by atoms with E-state index >= 15 is 0 Å². The Kier molecular flexibility index (Phi) is 4.24. The second kappa shape index (κ2) is 6.84. The lowest BCUT2D eigenvalue weighted by Crippen LogP contribution is -2.47. The second-order valence-electron chi connectivity index (χ2n) is 6.17. The lowest BCUT2D eigenvalue weighted by Gasteiger charge is -2.35. The van der Waals surface area contributed by atoms with Gasteiger partial charge >= 0.3 is 0 Å². The minimum Gasteiger partial charge on any atom is -0.352 e. The van der Waals surface area contributed by atoms with Crippen LogP contribution in [0.2, 0.25) is 0 Å². The van der Waals surface area contributed by atoms with Gasteiger partial charge in [-0.1, -0.05) is 29.8 Å². The number of nitrogens with zero attached hydrogens (tertiary/aromatic N) is 6. The van der Waals surface area contributed by atoms with Crippen molar-refractivity contribution in [1.29, 1.82) is 0 Å². The molecule has 1 fully saturated rings. The summed E-state index contributed by atoms with van der Waals surface area (Å²) in [5, 5.41) is 0. The first-order chi connectivity index (χ1) is 12.3. The van der Waals surface area contributed by atoms with Gasteiger partial charge in [0.05, 0.1) is 24.3 Å². The number of hydrogen-bond acceptors (Lipinski definition) is 6. The van der Waals surface area contributed by atoms with Crippen LogP contribution in [0.3, 0.4) is 0 Å². The maximum absolute atomic E-state index is 4.81. The Labute approximate surface area is 147 Å². The van der Waals surface area contributed by atoms with Crippen molar-refractivity contribution in [3.8, 4) is 11.3 Å². The van der Waals surface area contributed by atoms with Gasteiger partial charge in [0.1, 0.15) is 11.6 Å². The molecule has 0 spiro atoms. The van der Waals surface area contributed by atoms with Gasteiger partial charge in [0.25, 0.3) is 0 Å². The van der Waals surface area contributed by atoms with Gasteiger partial charge in [-0.15, -0.1) is 0 Å². The predicted molar refractivity (Wildman–Crippen MR) is 98.7 cm³/mol. The summed E-state index contributed by atoms with van der Waals surface area (Å²) in [7, 11) is 0. The minimum absolute atomic E-state index is 0.891. The van der Waals surface area contributed by atoms with Crippen LogP contribution in [-0.4, -0.2) is 46.1 Å². The SMILES string of the molecule is Cc1ccc(-c2cncc(N3CCN(c4cnccn4)CC3)n2)cc1. The molecule has 25 heavy (non-hydrogen) atoms. The largest absolute Gasteiger partial charge is 0.352 e. The highest BCUT2D eigenvalue weighted by Crippen LogP contribution is 2.21. The second-order valence-corrected chi connectivity index (χ2v) is 6.17. The van der Waals surface area contributed by atoms with Crippen molar-refractivity contribution in [2.45, 2.75) is 6.92 Å². The molecule has 0 radical (unpaired) electrons. The standard InChI is InChI=1S/C19H20N6/c1-15-2-4-16(5-3-15)17-12-21-14-19(23-17)25-10-8-24(9-11-25)18-13-20-6-7-22-18/h2-7,12-14H,8-11H2,1H3. The third kappa shape index (κ3) is 3.42. The van der Waals surface area contributed by atoms with Crippen LogP contribution < -0.4 is 9.80 Å². The fourth-order valence-electron chi connectivity index (χ4n) is 2.99. The van der Waals surface area contributed by atoms with E-state index in [2.05, 4.69) is 55.9 Å². The maximum atomic E-state index is 4.81. The van der Waals surface area contributed by atoms with Crippen LogP contribution in [0, 0.1) is 6.92 Å². The Bertz CT molecular complexity index is 826. The van der Waals surface area contributed by atoms with E-state index in [1.54, 1.807) is 12.4 Å². The molecule has 0 N–H and O–H groups in total. The number of benzene rings is 1. The van der Waals surface area contributed by atoms with Gasteiger partial charge in [0.2, 0.25) is 0 Å². The first kappa shape index (κ1) is 15.5. The summed E-state index contributed by atoms with van der Waals surface area (Å²) in [5.41, 5.74) is 3.25. The number of aryl methyl sites for hydroxylation is 1. The van der Waals surface area contributed by atoms with Gasteiger partial charge in [0.15, 0.2) is 0 Å². The van der Waals surface area contributed by atoms with Crippen LogP contribution in [0.5, 0.6) is 0 Å². The van der Waals surface area contributed by atoms with E-state index in [-0.39, 0.29) is 0 Å². The Morgan fingerprint density at radius 2 is 1.44 bits per heavy atom. The molecule has 126 valence electrons. The van der Waals surface area contributed by atoms with Crippen LogP contribution in [0.4, 0.5) is 11.6 Å². The lowest BCUT2D eigenvalue weighted by atomic mass is 10.1. The van der Waals surface area contributed by atoms with Gasteiger partial charge < -0.3 is 9.80 Å². The number of hydrogen-bond donors (Lipinski definition) is 0. The summed E-state index contributed by atoms with van der Waals surface area (Å²) in [5.74, 6) is 1.86. The van der Waals surface area contributed by atoms with Crippen LogP contribution in [0.15, 0.2) is 55.2 Å². The molecule has 0 atom stereocenters. The highest BCUT2D eigenvalue weighted by Gasteiger charge is 2.19. The first-order valence-corrected chi connectivity index (χ1v) is 8.44. The van der Waals surface area contributed by atoms with E-state index in [1.807, 2.05) is 18.6 Å². The molecular formula is C19H20N6. The minimum atomic E-state index is 0.891. The molecule has 6 nitrogen and oxygen atoms in total. The van der Waals surface area contributed by atoms with Crippen LogP contribution in [0.1, 0.15) is 5.56 Å². The van der Waals surface area contributed by atoms with Crippen molar-refractivity contribution in [3.63, 3.8) is 0 Å². The zero-order chi connectivity index (χ0) is 17.1. The van der Waals surface area contributed by atoms with E-state index in [1.165, 1.54) is 5.56 Å². The average molecular weight is 332 g/mol. The molecule has 2 aromatic heterocycles. The highest BCUT2D eigenvalue weighted by atomic mass is 15.3. The van der Waals surface area contributed by atoms with Crippen molar-refractivity contribution < 1.29 is 0 Å². The van der Waals surface area contributed by atoms with Gasteiger partial charge in [-0.05, 0) is 6.92 Å². The van der Waals surface area contributed by atoms with Gasteiger partial charge in [0, 0.05) is 44.1 Å². The Morgan fingerprint density at radius 1 is 0.760 bits per heavy atom. The predicted octanol–water partition coefficient (Wildman–Crippen LogP) is 2.57. The topological polar surface area (TPSA) is 58.0 Å². The molecule has 1 saturated heterocycles. The Hall–Kier alpha value is -3.02. The molecule has 0 aliphatic carbocycles. The summed E-state index contributed by atoms with van der Waals surface area (Å²) in [4.78, 5) is 22.3. The molecule has 1 aliphatic rings. The highest BCUT2D eigenvalue weighted by molar-refractivity contribution is 5.60. The van der Waals surface area contributed by atoms with Gasteiger partial charge in [-0.2, -0.15) is 0 Å². The summed E-state index contributed by atoms with van der Waals surface area (Å²) in [6.07, 6.45) is 8.91. The van der Waals surface area contributed by atoms with Crippen molar-refractivity contribution in [1.82, 2.24) is 19.9 Å². The van der Waals surface area contributed by atoms with Crippen molar-refractivity contribution >= 4 is 11.6 Å². The number of rotatable bonds is 3. The zero-order valence-corrected chi connectivity index (χ0v) is 14.2. The fourth-order valence-corrected chi connectivity index (χ4v) is 2.99. The molecule has 6 heteroatoms. The molecule has 3 heterocycles. The molecule has 4 rings (SSSR count). The van der Waals surface area contributed by atoms with Crippen LogP contribution in [0.25, 0.3) is 11.3 Å². The van der Waals surface area contributed by atoms with Crippen LogP contribution >= 0.6 is 0 Å². The molecule has 0 unspecified atom stereocenters. The molecule has 0 bridgehead atoms. The summed E-state index contributed by atoms with van der Waals surface area (Å²) < 4.78 is 0. The number of anilines is 2.